The fourth-order valence-electron chi connectivity index (χ4n) is 1.70. The number of methoxy groups -OCH3 is 1. The number of carbonyl (C=O) groups is 1. The maximum atomic E-state index is 11.8. The van der Waals surface area contributed by atoms with Gasteiger partial charge in [0.25, 0.3) is 5.91 Å². The lowest BCUT2D eigenvalue weighted by atomic mass is 9.98. The molecule has 1 unspecified atom stereocenters. The van der Waals surface area contributed by atoms with Gasteiger partial charge in [0.2, 0.25) is 0 Å². The van der Waals surface area contributed by atoms with E-state index in [-0.39, 0.29) is 5.91 Å². The highest BCUT2D eigenvalue weighted by Gasteiger charge is 2.22. The number of likely N-dealkylation sites (N-methyl/N-ethyl adjacent to an activating group) is 1. The van der Waals surface area contributed by atoms with Crippen molar-refractivity contribution in [1.82, 2.24) is 5.01 Å². The normalized spacial score (nSPS) is 12.4. The van der Waals surface area contributed by atoms with Gasteiger partial charge in [-0.05, 0) is 17.5 Å². The Morgan fingerprint density at radius 3 is 2.44 bits per heavy atom. The van der Waals surface area contributed by atoms with Gasteiger partial charge in [-0.1, -0.05) is 26.0 Å². The molecule has 0 saturated carbocycles. The van der Waals surface area contributed by atoms with E-state index in [0.717, 1.165) is 10.6 Å². The predicted octanol–water partition coefficient (Wildman–Crippen LogP) is 1.15. The molecule has 0 heterocycles. The summed E-state index contributed by atoms with van der Waals surface area (Å²) >= 11 is 0. The van der Waals surface area contributed by atoms with Crippen LogP contribution in [0.5, 0.6) is 5.75 Å². The van der Waals surface area contributed by atoms with Crippen LogP contribution in [0.4, 0.5) is 0 Å². The van der Waals surface area contributed by atoms with E-state index in [4.69, 9.17) is 16.3 Å². The van der Waals surface area contributed by atoms with Gasteiger partial charge in [0.15, 0.2) is 0 Å². The highest BCUT2D eigenvalue weighted by Crippen LogP contribution is 2.28. The first-order chi connectivity index (χ1) is 8.38. The van der Waals surface area contributed by atoms with Crippen LogP contribution in [0.15, 0.2) is 18.2 Å². The molecule has 0 fully saturated rings. The maximum Gasteiger partial charge on any atom is 0.257 e. The average molecular weight is 251 g/mol. The molecule has 100 valence electrons. The van der Waals surface area contributed by atoms with Crippen molar-refractivity contribution in [2.75, 3.05) is 14.2 Å². The lowest BCUT2D eigenvalue weighted by Crippen LogP contribution is -2.40. The largest absolute Gasteiger partial charge is 0.496 e. The van der Waals surface area contributed by atoms with Crippen LogP contribution < -0.4 is 16.3 Å². The van der Waals surface area contributed by atoms with Crippen LogP contribution in [0.1, 0.15) is 36.9 Å². The van der Waals surface area contributed by atoms with E-state index in [9.17, 15) is 4.79 Å². The summed E-state index contributed by atoms with van der Waals surface area (Å²) < 4.78 is 5.30. The Balaban J connectivity index is 3.13. The molecule has 0 aliphatic rings. The molecule has 5 heteroatoms. The third-order valence-corrected chi connectivity index (χ3v) is 2.87. The van der Waals surface area contributed by atoms with Crippen LogP contribution in [0, 0.1) is 0 Å². The van der Waals surface area contributed by atoms with Gasteiger partial charge in [-0.2, -0.15) is 0 Å². The molecule has 5 nitrogen and oxygen atoms in total. The minimum absolute atomic E-state index is 0.356. The Kier molecular flexibility index (Phi) is 4.69. The van der Waals surface area contributed by atoms with E-state index in [1.165, 1.54) is 7.05 Å². The van der Waals surface area contributed by atoms with Gasteiger partial charge >= 0.3 is 0 Å². The highest BCUT2D eigenvalue weighted by atomic mass is 16.5. The molecule has 0 spiro atoms. The number of amides is 1. The molecule has 1 aromatic carbocycles. The van der Waals surface area contributed by atoms with Gasteiger partial charge < -0.3 is 10.5 Å². The van der Waals surface area contributed by atoms with Gasteiger partial charge in [-0.3, -0.25) is 9.80 Å². The Bertz CT molecular complexity index is 430. The molecule has 0 bridgehead atoms. The van der Waals surface area contributed by atoms with E-state index < -0.39 is 6.04 Å². The predicted molar refractivity (Wildman–Crippen MR) is 71.0 cm³/mol. The van der Waals surface area contributed by atoms with Crippen molar-refractivity contribution in [2.45, 2.75) is 25.8 Å². The second-order valence-electron chi connectivity index (χ2n) is 4.58. The number of nitrogens with zero attached hydrogens (tertiary/aromatic N) is 1. The van der Waals surface area contributed by atoms with Crippen molar-refractivity contribution in [3.63, 3.8) is 0 Å². The number of hydrogen-bond acceptors (Lipinski definition) is 4. The van der Waals surface area contributed by atoms with Gasteiger partial charge in [0.1, 0.15) is 11.8 Å². The third kappa shape index (κ3) is 3.00. The number of carbonyl (C=O) groups excluding carboxylic acids is 1. The van der Waals surface area contributed by atoms with Crippen molar-refractivity contribution < 1.29 is 9.53 Å². The van der Waals surface area contributed by atoms with E-state index in [1.807, 2.05) is 18.2 Å². The summed E-state index contributed by atoms with van der Waals surface area (Å²) in [5.74, 6) is 6.05. The monoisotopic (exact) mass is 251 g/mol. The quantitative estimate of drug-likeness (QED) is 0.478. The van der Waals surface area contributed by atoms with E-state index in [1.54, 1.807) is 7.11 Å². The van der Waals surface area contributed by atoms with Gasteiger partial charge in [-0.15, -0.1) is 0 Å². The van der Waals surface area contributed by atoms with Gasteiger partial charge in [-0.25, -0.2) is 5.84 Å². The maximum absolute atomic E-state index is 11.8. The first-order valence-corrected chi connectivity index (χ1v) is 5.84. The third-order valence-electron chi connectivity index (χ3n) is 2.87. The molecule has 1 amide bonds. The summed E-state index contributed by atoms with van der Waals surface area (Å²) in [6.45, 7) is 4.18. The molecule has 1 aromatic rings. The molecular formula is C13H21N3O2. The zero-order valence-electron chi connectivity index (χ0n) is 11.3. The first kappa shape index (κ1) is 14.5. The van der Waals surface area contributed by atoms with Crippen LogP contribution >= 0.6 is 0 Å². The molecule has 0 aromatic heterocycles. The van der Waals surface area contributed by atoms with Crippen LogP contribution in [-0.4, -0.2) is 25.1 Å². The Morgan fingerprint density at radius 2 is 2.00 bits per heavy atom. The topological polar surface area (TPSA) is 81.6 Å². The molecule has 0 aliphatic heterocycles. The van der Waals surface area contributed by atoms with Crippen LogP contribution in [-0.2, 0) is 4.79 Å². The van der Waals surface area contributed by atoms with Crippen LogP contribution in [0.2, 0.25) is 0 Å². The number of rotatable bonds is 4. The number of hydrazine groups is 1. The SMILES string of the molecule is COc1cc(C(C)C)ccc1C(N)C(=O)N(C)N. The summed E-state index contributed by atoms with van der Waals surface area (Å²) in [6.07, 6.45) is 0. The molecule has 0 saturated heterocycles. The van der Waals surface area contributed by atoms with Crippen molar-refractivity contribution >= 4 is 5.91 Å². The molecule has 18 heavy (non-hydrogen) atoms. The zero-order chi connectivity index (χ0) is 13.9. The fraction of sp³-hybridized carbons (Fsp3) is 0.462. The molecule has 1 rings (SSSR count). The second kappa shape index (κ2) is 5.84. The minimum atomic E-state index is -0.809. The lowest BCUT2D eigenvalue weighted by Gasteiger charge is -2.19. The molecule has 0 radical (unpaired) electrons. The zero-order valence-corrected chi connectivity index (χ0v) is 11.3. The summed E-state index contributed by atoms with van der Waals surface area (Å²) in [6, 6.07) is 4.87. The smallest absolute Gasteiger partial charge is 0.257 e. The average Bonchev–Trinajstić information content (AvgIpc) is 2.35. The van der Waals surface area contributed by atoms with Gasteiger partial charge in [0, 0.05) is 12.6 Å². The fourth-order valence-corrected chi connectivity index (χ4v) is 1.70. The number of hydrogen-bond donors (Lipinski definition) is 2. The van der Waals surface area contributed by atoms with Crippen molar-refractivity contribution in [3.8, 4) is 5.75 Å². The standard InChI is InChI=1S/C13H21N3O2/c1-8(2)9-5-6-10(11(7-9)18-4)12(14)13(17)16(3)15/h5-8,12H,14-15H2,1-4H3. The van der Waals surface area contributed by atoms with Crippen molar-refractivity contribution in [2.24, 2.45) is 11.6 Å². The number of benzene rings is 1. The summed E-state index contributed by atoms with van der Waals surface area (Å²) in [5.41, 5.74) is 7.67. The first-order valence-electron chi connectivity index (χ1n) is 5.84. The minimum Gasteiger partial charge on any atom is -0.496 e. The van der Waals surface area contributed by atoms with Crippen LogP contribution in [0.3, 0.4) is 0 Å². The Hall–Kier alpha value is -1.59. The van der Waals surface area contributed by atoms with Crippen molar-refractivity contribution in [1.29, 1.82) is 0 Å². The molecular weight excluding hydrogens is 230 g/mol. The summed E-state index contributed by atoms with van der Waals surface area (Å²) in [4.78, 5) is 11.8. The van der Waals surface area contributed by atoms with E-state index in [0.29, 0.717) is 17.2 Å². The van der Waals surface area contributed by atoms with Crippen molar-refractivity contribution in [3.05, 3.63) is 29.3 Å². The van der Waals surface area contributed by atoms with Gasteiger partial charge in [0.05, 0.1) is 7.11 Å². The van der Waals surface area contributed by atoms with E-state index >= 15 is 0 Å². The van der Waals surface area contributed by atoms with Crippen LogP contribution in [0.25, 0.3) is 0 Å². The molecule has 1 atom stereocenters. The molecule has 4 N–H and O–H groups in total. The summed E-state index contributed by atoms with van der Waals surface area (Å²) in [5, 5.41) is 0.987. The number of nitrogens with two attached hydrogens (primary N) is 2. The Morgan fingerprint density at radius 1 is 1.39 bits per heavy atom. The summed E-state index contributed by atoms with van der Waals surface area (Å²) in [7, 11) is 3.03. The second-order valence-corrected chi connectivity index (χ2v) is 4.58. The highest BCUT2D eigenvalue weighted by molar-refractivity contribution is 5.83. The Labute approximate surface area is 108 Å². The molecule has 0 aliphatic carbocycles. The lowest BCUT2D eigenvalue weighted by molar-refractivity contribution is -0.131. The number of ether oxygens (including phenoxy) is 1. The van der Waals surface area contributed by atoms with E-state index in [2.05, 4.69) is 13.8 Å².